The van der Waals surface area contributed by atoms with E-state index in [0.29, 0.717) is 32.1 Å². The van der Waals surface area contributed by atoms with Gasteiger partial charge in [0.15, 0.2) is 5.69 Å². The van der Waals surface area contributed by atoms with E-state index < -0.39 is 11.6 Å². The smallest absolute Gasteiger partial charge is 0.360 e. The van der Waals surface area contributed by atoms with Crippen LogP contribution in [-0.2, 0) is 4.74 Å². The van der Waals surface area contributed by atoms with Gasteiger partial charge in [-0.15, -0.1) is 0 Å². The van der Waals surface area contributed by atoms with Crippen molar-refractivity contribution in [1.29, 1.82) is 0 Å². The van der Waals surface area contributed by atoms with E-state index in [1.165, 1.54) is 6.26 Å². The number of anilines is 1. The van der Waals surface area contributed by atoms with Gasteiger partial charge in [-0.2, -0.15) is 4.98 Å². The molecule has 17 heavy (non-hydrogen) atoms. The van der Waals surface area contributed by atoms with E-state index in [0.717, 1.165) is 0 Å². The highest BCUT2D eigenvalue weighted by Gasteiger charge is 2.33. The number of ether oxygens (including phenoxy) is 1. The lowest BCUT2D eigenvalue weighted by molar-refractivity contribution is 0.0519. The van der Waals surface area contributed by atoms with Crippen LogP contribution in [0.4, 0.5) is 6.01 Å². The van der Waals surface area contributed by atoms with Crippen LogP contribution in [-0.4, -0.2) is 41.4 Å². The zero-order chi connectivity index (χ0) is 12.5. The molecule has 1 unspecified atom stereocenters. The zero-order valence-corrected chi connectivity index (χ0v) is 9.97. The highest BCUT2D eigenvalue weighted by Crippen LogP contribution is 2.25. The molecule has 0 radical (unpaired) electrons. The van der Waals surface area contributed by atoms with Crippen molar-refractivity contribution >= 4 is 12.0 Å². The predicted molar refractivity (Wildman–Crippen MR) is 59.9 cm³/mol. The van der Waals surface area contributed by atoms with Crippen LogP contribution in [0.1, 0.15) is 30.8 Å². The molecule has 0 bridgehead atoms. The summed E-state index contributed by atoms with van der Waals surface area (Å²) >= 11 is 0. The number of aromatic nitrogens is 1. The highest BCUT2D eigenvalue weighted by atomic mass is 16.5. The maximum absolute atomic E-state index is 11.4. The summed E-state index contributed by atoms with van der Waals surface area (Å²) in [6, 6.07) is 0.353. The van der Waals surface area contributed by atoms with Crippen LogP contribution >= 0.6 is 0 Å². The van der Waals surface area contributed by atoms with E-state index >= 15 is 0 Å². The van der Waals surface area contributed by atoms with Gasteiger partial charge in [0.05, 0.1) is 18.8 Å². The van der Waals surface area contributed by atoms with Crippen molar-refractivity contribution in [3.8, 4) is 0 Å². The molecule has 1 N–H and O–H groups in total. The Kier molecular flexibility index (Phi) is 3.06. The molecule has 94 valence electrons. The van der Waals surface area contributed by atoms with Gasteiger partial charge in [-0.25, -0.2) is 4.79 Å². The van der Waals surface area contributed by atoms with Crippen molar-refractivity contribution in [3.63, 3.8) is 0 Å². The van der Waals surface area contributed by atoms with E-state index in [1.54, 1.807) is 13.8 Å². The summed E-state index contributed by atoms with van der Waals surface area (Å²) in [5.74, 6) is -0.492. The van der Waals surface area contributed by atoms with Crippen LogP contribution < -0.4 is 4.90 Å². The van der Waals surface area contributed by atoms with Crippen LogP contribution in [0.25, 0.3) is 0 Å². The van der Waals surface area contributed by atoms with E-state index in [4.69, 9.17) is 9.15 Å². The average molecular weight is 240 g/mol. The number of oxazole rings is 1. The second kappa shape index (κ2) is 4.37. The summed E-state index contributed by atoms with van der Waals surface area (Å²) in [7, 11) is 0. The number of esters is 1. The van der Waals surface area contributed by atoms with Crippen LogP contribution in [0.5, 0.6) is 0 Å². The molecule has 6 heteroatoms. The quantitative estimate of drug-likeness (QED) is 0.788. The molecule has 1 aromatic heterocycles. The van der Waals surface area contributed by atoms with E-state index in [-0.39, 0.29) is 5.69 Å². The minimum Gasteiger partial charge on any atom is -0.461 e. The molecule has 1 atom stereocenters. The first-order chi connectivity index (χ1) is 8.02. The zero-order valence-electron chi connectivity index (χ0n) is 9.97. The van der Waals surface area contributed by atoms with Crippen molar-refractivity contribution in [3.05, 3.63) is 12.0 Å². The molecule has 1 aliphatic rings. The normalized spacial score (nSPS) is 24.1. The molecule has 1 fully saturated rings. The summed E-state index contributed by atoms with van der Waals surface area (Å²) < 4.78 is 10.0. The number of carbonyl (C=O) groups is 1. The Morgan fingerprint density at radius 1 is 1.76 bits per heavy atom. The summed E-state index contributed by atoms with van der Waals surface area (Å²) in [6.07, 6.45) is 1.94. The fourth-order valence-corrected chi connectivity index (χ4v) is 1.82. The first-order valence-corrected chi connectivity index (χ1v) is 5.62. The Hall–Kier alpha value is -1.56. The molecule has 2 rings (SSSR count). The molecular weight excluding hydrogens is 224 g/mol. The Morgan fingerprint density at radius 3 is 3.12 bits per heavy atom. The number of carbonyl (C=O) groups excluding carboxylic acids is 1. The number of nitrogens with zero attached hydrogens (tertiary/aromatic N) is 2. The van der Waals surface area contributed by atoms with Crippen molar-refractivity contribution in [1.82, 2.24) is 4.98 Å². The third-order valence-corrected chi connectivity index (χ3v) is 2.70. The van der Waals surface area contributed by atoms with E-state index in [2.05, 4.69) is 4.98 Å². The molecule has 1 saturated heterocycles. The Labute approximate surface area is 99.2 Å². The van der Waals surface area contributed by atoms with Gasteiger partial charge in [0.25, 0.3) is 6.01 Å². The van der Waals surface area contributed by atoms with Crippen molar-refractivity contribution < 1.29 is 19.1 Å². The van der Waals surface area contributed by atoms with Gasteiger partial charge in [0.2, 0.25) is 0 Å². The summed E-state index contributed by atoms with van der Waals surface area (Å²) in [5, 5.41) is 9.82. The number of aliphatic hydroxyl groups is 1. The summed E-state index contributed by atoms with van der Waals surface area (Å²) in [6.45, 7) is 4.92. The lowest BCUT2D eigenvalue weighted by Gasteiger charge is -2.16. The molecule has 0 aromatic carbocycles. The van der Waals surface area contributed by atoms with Gasteiger partial charge in [-0.05, 0) is 20.3 Å². The minimum atomic E-state index is -0.724. The first kappa shape index (κ1) is 11.9. The second-order valence-electron chi connectivity index (χ2n) is 4.40. The van der Waals surface area contributed by atoms with E-state index in [9.17, 15) is 9.90 Å². The number of hydrogen-bond donors (Lipinski definition) is 1. The lowest BCUT2D eigenvalue weighted by Crippen LogP contribution is -2.29. The molecule has 1 aromatic rings. The Bertz CT molecular complexity index is 413. The average Bonchev–Trinajstić information content (AvgIpc) is 2.84. The molecule has 6 nitrogen and oxygen atoms in total. The molecule has 0 amide bonds. The predicted octanol–water partition coefficient (Wildman–Crippen LogP) is 0.812. The third-order valence-electron chi connectivity index (χ3n) is 2.70. The van der Waals surface area contributed by atoms with Crippen LogP contribution in [0.2, 0.25) is 0 Å². The first-order valence-electron chi connectivity index (χ1n) is 5.62. The molecular formula is C11H16N2O4. The Balaban J connectivity index is 2.06. The molecule has 0 saturated carbocycles. The number of β-amino-alcohol motifs (C(OH)–C–C–N with tert-alkyl or cyclic N) is 1. The lowest BCUT2D eigenvalue weighted by atomic mass is 10.1. The van der Waals surface area contributed by atoms with Crippen LogP contribution in [0, 0.1) is 0 Å². The third kappa shape index (κ3) is 2.58. The molecule has 0 aliphatic carbocycles. The van der Waals surface area contributed by atoms with Crippen molar-refractivity contribution in [2.24, 2.45) is 0 Å². The number of rotatable bonds is 3. The highest BCUT2D eigenvalue weighted by molar-refractivity contribution is 5.87. The van der Waals surface area contributed by atoms with Gasteiger partial charge in [-0.3, -0.25) is 0 Å². The van der Waals surface area contributed by atoms with Crippen molar-refractivity contribution in [2.45, 2.75) is 25.9 Å². The van der Waals surface area contributed by atoms with Gasteiger partial charge in [0.1, 0.15) is 6.26 Å². The number of hydrogen-bond acceptors (Lipinski definition) is 6. The maximum Gasteiger partial charge on any atom is 0.360 e. The molecule has 2 heterocycles. The monoisotopic (exact) mass is 240 g/mol. The van der Waals surface area contributed by atoms with E-state index in [1.807, 2.05) is 4.90 Å². The Morgan fingerprint density at radius 2 is 2.53 bits per heavy atom. The van der Waals surface area contributed by atoms with Gasteiger partial charge in [-0.1, -0.05) is 0 Å². The molecule has 1 aliphatic heterocycles. The summed E-state index contributed by atoms with van der Waals surface area (Å²) in [5.41, 5.74) is -0.563. The van der Waals surface area contributed by atoms with Crippen LogP contribution in [0.15, 0.2) is 10.7 Å². The SMILES string of the molecule is CCOC(=O)c1coc(N2CCC(C)(O)C2)n1. The second-order valence-corrected chi connectivity index (χ2v) is 4.40. The van der Waals surface area contributed by atoms with Gasteiger partial charge < -0.3 is 19.2 Å². The minimum absolute atomic E-state index is 0.161. The largest absolute Gasteiger partial charge is 0.461 e. The van der Waals surface area contributed by atoms with Gasteiger partial charge in [0, 0.05) is 6.54 Å². The fraction of sp³-hybridized carbons (Fsp3) is 0.636. The molecule has 0 spiro atoms. The van der Waals surface area contributed by atoms with Crippen LogP contribution in [0.3, 0.4) is 0 Å². The van der Waals surface area contributed by atoms with Crippen molar-refractivity contribution in [2.75, 3.05) is 24.6 Å². The maximum atomic E-state index is 11.4. The van der Waals surface area contributed by atoms with Gasteiger partial charge >= 0.3 is 5.97 Å². The summed E-state index contributed by atoms with van der Waals surface area (Å²) in [4.78, 5) is 17.2. The standard InChI is InChI=1S/C11H16N2O4/c1-3-16-9(14)8-6-17-10(12-8)13-5-4-11(2,15)7-13/h6,15H,3-5,7H2,1-2H3. The fourth-order valence-electron chi connectivity index (χ4n) is 1.82. The topological polar surface area (TPSA) is 75.8 Å².